The summed E-state index contributed by atoms with van der Waals surface area (Å²) in [6.45, 7) is -1.26. The molecule has 2 rings (SSSR count). The lowest BCUT2D eigenvalue weighted by atomic mass is 10.2. The van der Waals surface area contributed by atoms with Crippen molar-refractivity contribution in [2.45, 2.75) is 20.0 Å². The molecular weight excluding hydrogens is 248 g/mol. The van der Waals surface area contributed by atoms with Crippen LogP contribution in [0.1, 0.15) is 23.0 Å². The van der Waals surface area contributed by atoms with E-state index in [1.54, 1.807) is 6.92 Å². The second-order valence-electron chi connectivity index (χ2n) is 3.47. The van der Waals surface area contributed by atoms with Crippen molar-refractivity contribution in [2.75, 3.05) is 0 Å². The van der Waals surface area contributed by atoms with Gasteiger partial charge in [0.2, 0.25) is 0 Å². The molecule has 0 atom stereocenters. The lowest BCUT2D eigenvalue weighted by Gasteiger charge is -2.04. The normalized spacial score (nSPS) is 11.1. The first kappa shape index (κ1) is 12.3. The van der Waals surface area contributed by atoms with Crippen molar-refractivity contribution in [1.82, 2.24) is 4.98 Å². The van der Waals surface area contributed by atoms with E-state index in [-0.39, 0.29) is 16.5 Å². The van der Waals surface area contributed by atoms with Gasteiger partial charge in [0.1, 0.15) is 5.76 Å². The van der Waals surface area contributed by atoms with Gasteiger partial charge in [0, 0.05) is 18.0 Å². The van der Waals surface area contributed by atoms with E-state index in [9.17, 15) is 13.6 Å². The van der Waals surface area contributed by atoms with Crippen molar-refractivity contribution in [3.05, 3.63) is 23.6 Å². The molecule has 0 aliphatic heterocycles. The van der Waals surface area contributed by atoms with Crippen molar-refractivity contribution in [2.24, 2.45) is 0 Å². The summed E-state index contributed by atoms with van der Waals surface area (Å²) in [6, 6.07) is 1.48. The number of aromatic nitrogens is 1. The number of fused-ring (bicyclic) bond motifs is 1. The summed E-state index contributed by atoms with van der Waals surface area (Å²) in [5.41, 5.74) is -0.192. The van der Waals surface area contributed by atoms with Crippen molar-refractivity contribution >= 4 is 16.9 Å². The summed E-state index contributed by atoms with van der Waals surface area (Å²) in [7, 11) is 0. The number of hydrogen-bond donors (Lipinski definition) is 1. The Balaban J connectivity index is 2.65. The number of pyridine rings is 1. The lowest BCUT2D eigenvalue weighted by Crippen LogP contribution is -2.05. The maximum Gasteiger partial charge on any atom is 0.388 e. The first-order chi connectivity index (χ1) is 8.52. The second-order valence-corrected chi connectivity index (χ2v) is 3.47. The van der Waals surface area contributed by atoms with Crippen LogP contribution in [0.3, 0.4) is 0 Å². The Bertz CT molecular complexity index is 594. The summed E-state index contributed by atoms with van der Waals surface area (Å²) < 4.78 is 33.8. The van der Waals surface area contributed by atoms with E-state index >= 15 is 0 Å². The van der Waals surface area contributed by atoms with E-state index in [0.29, 0.717) is 12.2 Å². The Hall–Kier alpha value is -2.18. The minimum atomic E-state index is -3.05. The van der Waals surface area contributed by atoms with Gasteiger partial charge in [-0.1, -0.05) is 6.92 Å². The number of nitrogens with zero attached hydrogens (tertiary/aromatic N) is 1. The maximum absolute atomic E-state index is 12.2. The van der Waals surface area contributed by atoms with E-state index in [0.717, 1.165) is 6.20 Å². The van der Waals surface area contributed by atoms with E-state index in [4.69, 9.17) is 9.52 Å². The SMILES string of the molecule is CCc1cc2c(C(=O)O)cnc(OC(F)F)c2o1. The largest absolute Gasteiger partial charge is 0.478 e. The molecule has 0 saturated carbocycles. The average Bonchev–Trinajstić information content (AvgIpc) is 2.72. The zero-order valence-electron chi connectivity index (χ0n) is 9.31. The number of halogens is 2. The minimum Gasteiger partial charge on any atom is -0.478 e. The molecule has 0 amide bonds. The number of alkyl halides is 2. The summed E-state index contributed by atoms with van der Waals surface area (Å²) in [5, 5.41) is 9.17. The van der Waals surface area contributed by atoms with E-state index in [1.165, 1.54) is 6.07 Å². The number of rotatable bonds is 4. The Morgan fingerprint density at radius 2 is 2.33 bits per heavy atom. The van der Waals surface area contributed by atoms with Crippen LogP contribution >= 0.6 is 0 Å². The van der Waals surface area contributed by atoms with Crippen LogP contribution in [-0.4, -0.2) is 22.7 Å². The van der Waals surface area contributed by atoms with Crippen LogP contribution in [0.15, 0.2) is 16.7 Å². The minimum absolute atomic E-state index is 0.0768. The predicted molar refractivity (Wildman–Crippen MR) is 57.0 cm³/mol. The maximum atomic E-state index is 12.2. The van der Waals surface area contributed by atoms with Gasteiger partial charge in [-0.3, -0.25) is 0 Å². The fourth-order valence-corrected chi connectivity index (χ4v) is 1.57. The predicted octanol–water partition coefficient (Wildman–Crippen LogP) is 2.69. The molecule has 2 aromatic rings. The van der Waals surface area contributed by atoms with Crippen LogP contribution in [0.25, 0.3) is 11.0 Å². The molecule has 0 aliphatic carbocycles. The van der Waals surface area contributed by atoms with Crippen LogP contribution in [0, 0.1) is 0 Å². The Kier molecular flexibility index (Phi) is 3.14. The number of aryl methyl sites for hydroxylation is 1. The van der Waals surface area contributed by atoms with Crippen LogP contribution in [0.4, 0.5) is 8.78 Å². The molecule has 5 nitrogen and oxygen atoms in total. The van der Waals surface area contributed by atoms with Gasteiger partial charge in [-0.2, -0.15) is 8.78 Å². The number of carboxylic acid groups (broad SMARTS) is 1. The van der Waals surface area contributed by atoms with Crippen molar-refractivity contribution < 1.29 is 27.8 Å². The van der Waals surface area contributed by atoms with Crippen LogP contribution < -0.4 is 4.74 Å². The van der Waals surface area contributed by atoms with Crippen LogP contribution in [0.2, 0.25) is 0 Å². The third-order valence-corrected chi connectivity index (χ3v) is 2.36. The van der Waals surface area contributed by atoms with Gasteiger partial charge in [-0.25, -0.2) is 9.78 Å². The fourth-order valence-electron chi connectivity index (χ4n) is 1.57. The number of aromatic carboxylic acids is 1. The quantitative estimate of drug-likeness (QED) is 0.911. The highest BCUT2D eigenvalue weighted by Crippen LogP contribution is 2.30. The number of ether oxygens (including phenoxy) is 1. The third-order valence-electron chi connectivity index (χ3n) is 2.36. The smallest absolute Gasteiger partial charge is 0.388 e. The molecule has 0 saturated heterocycles. The molecule has 0 fully saturated rings. The van der Waals surface area contributed by atoms with E-state index in [1.807, 2.05) is 0 Å². The molecule has 0 radical (unpaired) electrons. The molecule has 18 heavy (non-hydrogen) atoms. The van der Waals surface area contributed by atoms with Crippen molar-refractivity contribution in [3.8, 4) is 5.88 Å². The lowest BCUT2D eigenvalue weighted by molar-refractivity contribution is -0.0523. The Morgan fingerprint density at radius 3 is 2.89 bits per heavy atom. The molecule has 0 bridgehead atoms. The third kappa shape index (κ3) is 2.11. The first-order valence-corrected chi connectivity index (χ1v) is 5.12. The van der Waals surface area contributed by atoms with Crippen molar-refractivity contribution in [3.63, 3.8) is 0 Å². The number of furan rings is 1. The van der Waals surface area contributed by atoms with Crippen molar-refractivity contribution in [1.29, 1.82) is 0 Å². The highest BCUT2D eigenvalue weighted by molar-refractivity contribution is 6.03. The first-order valence-electron chi connectivity index (χ1n) is 5.12. The molecule has 96 valence electrons. The van der Waals surface area contributed by atoms with Gasteiger partial charge >= 0.3 is 12.6 Å². The second kappa shape index (κ2) is 4.59. The number of carboxylic acids is 1. The summed E-state index contributed by atoms with van der Waals surface area (Å²) >= 11 is 0. The molecule has 2 aromatic heterocycles. The van der Waals surface area contributed by atoms with Gasteiger partial charge in [0.25, 0.3) is 5.88 Å². The monoisotopic (exact) mass is 257 g/mol. The molecule has 0 unspecified atom stereocenters. The molecule has 0 aromatic carbocycles. The standard InChI is InChI=1S/C11H9F2NO4/c1-2-5-3-6-7(10(15)16)4-14-9(8(6)17-5)18-11(12)13/h3-4,11H,2H2,1H3,(H,15,16). The molecular formula is C11H9F2NO4. The zero-order valence-corrected chi connectivity index (χ0v) is 9.31. The molecule has 2 heterocycles. The van der Waals surface area contributed by atoms with Gasteiger partial charge < -0.3 is 14.3 Å². The topological polar surface area (TPSA) is 72.6 Å². The molecule has 1 N–H and O–H groups in total. The van der Waals surface area contributed by atoms with E-state index < -0.39 is 18.5 Å². The van der Waals surface area contributed by atoms with E-state index in [2.05, 4.69) is 9.72 Å². The fraction of sp³-hybridized carbons (Fsp3) is 0.273. The zero-order chi connectivity index (χ0) is 13.3. The average molecular weight is 257 g/mol. The van der Waals surface area contributed by atoms with Gasteiger partial charge in [-0.15, -0.1) is 0 Å². The summed E-state index contributed by atoms with van der Waals surface area (Å²) in [5.74, 6) is -1.15. The molecule has 0 aliphatic rings. The number of hydrogen-bond acceptors (Lipinski definition) is 4. The molecule has 0 spiro atoms. The number of carbonyl (C=O) groups is 1. The van der Waals surface area contributed by atoms with Gasteiger partial charge in [-0.05, 0) is 6.07 Å². The Labute approximate surface area is 100.0 Å². The Morgan fingerprint density at radius 1 is 1.61 bits per heavy atom. The van der Waals surface area contributed by atoms with Gasteiger partial charge in [0.15, 0.2) is 5.58 Å². The van der Waals surface area contributed by atoms with Crippen LogP contribution in [0.5, 0.6) is 5.88 Å². The summed E-state index contributed by atoms with van der Waals surface area (Å²) in [4.78, 5) is 14.5. The highest BCUT2D eigenvalue weighted by atomic mass is 19.3. The van der Waals surface area contributed by atoms with Gasteiger partial charge in [0.05, 0.1) is 5.56 Å². The molecule has 7 heteroatoms. The van der Waals surface area contributed by atoms with Crippen LogP contribution in [-0.2, 0) is 6.42 Å². The highest BCUT2D eigenvalue weighted by Gasteiger charge is 2.20. The summed E-state index contributed by atoms with van der Waals surface area (Å²) in [6.07, 6.45) is 1.47.